The lowest BCUT2D eigenvalue weighted by Crippen LogP contribution is -2.26. The van der Waals surface area contributed by atoms with Gasteiger partial charge in [0.15, 0.2) is 0 Å². The van der Waals surface area contributed by atoms with Crippen LogP contribution in [0.5, 0.6) is 17.2 Å². The molecule has 0 saturated carbocycles. The topological polar surface area (TPSA) is 39.7 Å². The van der Waals surface area contributed by atoms with E-state index in [9.17, 15) is 0 Å². The van der Waals surface area contributed by atoms with Gasteiger partial charge in [-0.3, -0.25) is 0 Å². The molecule has 44 heavy (non-hydrogen) atoms. The highest BCUT2D eigenvalue weighted by molar-refractivity contribution is 8.21. The normalized spacial score (nSPS) is 15.5. The first-order chi connectivity index (χ1) is 20.7. The molecule has 4 aromatic carbocycles. The molecule has 0 bridgehead atoms. The van der Waals surface area contributed by atoms with Crippen LogP contribution < -0.4 is 23.7 Å². The summed E-state index contributed by atoms with van der Waals surface area (Å²) >= 11 is 12.9. The number of benzene rings is 4. The van der Waals surface area contributed by atoms with Crippen molar-refractivity contribution in [3.8, 4) is 17.2 Å². The van der Waals surface area contributed by atoms with Crippen molar-refractivity contribution in [1.29, 1.82) is 0 Å². The van der Waals surface area contributed by atoms with Gasteiger partial charge in [-0.1, -0.05) is 128 Å². The van der Waals surface area contributed by atoms with Gasteiger partial charge in [-0.05, 0) is 76.4 Å². The zero-order valence-corrected chi connectivity index (χ0v) is 30.5. The molecule has 0 aromatic heterocycles. The minimum Gasteiger partial charge on any atom is -0.449 e. The average molecular weight is 666 g/mol. The molecule has 1 N–H and O–H groups in total. The van der Waals surface area contributed by atoms with E-state index in [1.54, 1.807) is 0 Å². The fourth-order valence-electron chi connectivity index (χ4n) is 4.90. The SMILES string of the molecule is CCC(C)c1ccccc1OP(=S)(NP(=S)(Oc1ccccc1C(C)(C)C)c1ccccc1)Oc1ccccc1C(C)(C)C. The Hall–Kier alpha value is -2.46. The lowest BCUT2D eigenvalue weighted by Gasteiger charge is -2.34. The number of nitrogens with one attached hydrogen (secondary N) is 1. The first-order valence-corrected chi connectivity index (χ1v) is 20.4. The molecule has 0 aliphatic rings. The van der Waals surface area contributed by atoms with E-state index in [4.69, 9.17) is 37.2 Å². The maximum absolute atomic E-state index is 6.93. The summed E-state index contributed by atoms with van der Waals surface area (Å²) in [5.41, 5.74) is 2.81. The predicted molar refractivity (Wildman–Crippen MR) is 195 cm³/mol. The van der Waals surface area contributed by atoms with Gasteiger partial charge in [0.25, 0.3) is 0 Å². The first-order valence-electron chi connectivity index (χ1n) is 15.1. The quantitative estimate of drug-likeness (QED) is 0.161. The highest BCUT2D eigenvalue weighted by atomic mass is 32.5. The summed E-state index contributed by atoms with van der Waals surface area (Å²) < 4.78 is 20.6. The van der Waals surface area contributed by atoms with Crippen LogP contribution >= 0.6 is 13.1 Å². The Morgan fingerprint density at radius 2 is 1.05 bits per heavy atom. The van der Waals surface area contributed by atoms with E-state index in [0.29, 0.717) is 11.5 Å². The van der Waals surface area contributed by atoms with Gasteiger partial charge in [0.2, 0.25) is 6.42 Å². The molecule has 4 rings (SSSR count). The van der Waals surface area contributed by atoms with Crippen molar-refractivity contribution in [2.45, 2.75) is 78.6 Å². The molecule has 0 aliphatic heterocycles. The third-order valence-electron chi connectivity index (χ3n) is 7.47. The second-order valence-corrected chi connectivity index (χ2v) is 20.0. The lowest BCUT2D eigenvalue weighted by molar-refractivity contribution is 0.459. The van der Waals surface area contributed by atoms with E-state index in [1.165, 1.54) is 0 Å². The average Bonchev–Trinajstić information content (AvgIpc) is 2.96. The smallest absolute Gasteiger partial charge is 0.372 e. The highest BCUT2D eigenvalue weighted by Gasteiger charge is 2.37. The predicted octanol–water partition coefficient (Wildman–Crippen LogP) is 10.8. The molecule has 0 radical (unpaired) electrons. The molecule has 0 spiro atoms. The van der Waals surface area contributed by atoms with Crippen molar-refractivity contribution in [1.82, 2.24) is 4.86 Å². The van der Waals surface area contributed by atoms with E-state index in [0.717, 1.165) is 34.2 Å². The number of para-hydroxylation sites is 3. The summed E-state index contributed by atoms with van der Waals surface area (Å²) in [6.45, 7) is 13.9. The van der Waals surface area contributed by atoms with Crippen LogP contribution in [0.1, 0.15) is 84.4 Å². The Morgan fingerprint density at radius 1 is 0.614 bits per heavy atom. The maximum Gasteiger partial charge on any atom is 0.372 e. The lowest BCUT2D eigenvalue weighted by atomic mass is 9.86. The van der Waals surface area contributed by atoms with Gasteiger partial charge < -0.3 is 13.6 Å². The van der Waals surface area contributed by atoms with E-state index in [2.05, 4.69) is 78.4 Å². The van der Waals surface area contributed by atoms with E-state index < -0.39 is 13.1 Å². The molecule has 0 heterocycles. The molecule has 0 saturated heterocycles. The third-order valence-corrected chi connectivity index (χ3v) is 14.6. The molecular weight excluding hydrogens is 620 g/mol. The minimum atomic E-state index is -3.41. The van der Waals surface area contributed by atoms with Crippen LogP contribution in [0.4, 0.5) is 0 Å². The second kappa shape index (κ2) is 13.9. The van der Waals surface area contributed by atoms with Gasteiger partial charge in [-0.25, -0.2) is 0 Å². The maximum atomic E-state index is 6.93. The zero-order valence-electron chi connectivity index (χ0n) is 27.0. The van der Waals surface area contributed by atoms with Crippen LogP contribution in [0.15, 0.2) is 103 Å². The first kappa shape index (κ1) is 34.4. The van der Waals surface area contributed by atoms with Gasteiger partial charge in [0.05, 0.1) is 0 Å². The molecule has 0 aliphatic carbocycles. The van der Waals surface area contributed by atoms with Gasteiger partial charge in [0, 0.05) is 22.7 Å². The van der Waals surface area contributed by atoms with Crippen LogP contribution in [-0.2, 0) is 34.4 Å². The standard InChI is InChI=1S/C36H45NO3P2S2/c1-9-27(2)29-21-13-16-24-32(29)39-42(44,40-34-26-18-15-23-31(34)36(6,7)8)37-41(43,28-19-11-10-12-20-28)38-33-25-17-14-22-30(33)35(3,4)5/h10-27H,9H2,1-8H3,(H,37,43,44). The number of hydrogen-bond donors (Lipinski definition) is 1. The van der Waals surface area contributed by atoms with Gasteiger partial charge in [0.1, 0.15) is 17.2 Å². The summed E-state index contributed by atoms with van der Waals surface area (Å²) in [5.74, 6) is 2.34. The van der Waals surface area contributed by atoms with Crippen LogP contribution in [0, 0.1) is 0 Å². The van der Waals surface area contributed by atoms with Gasteiger partial charge in [-0.2, -0.15) is 4.86 Å². The van der Waals surface area contributed by atoms with E-state index >= 15 is 0 Å². The molecule has 3 unspecified atom stereocenters. The number of rotatable bonds is 11. The Bertz CT molecular complexity index is 1660. The van der Waals surface area contributed by atoms with Crippen LogP contribution in [-0.4, -0.2) is 0 Å². The van der Waals surface area contributed by atoms with Gasteiger partial charge >= 0.3 is 6.64 Å². The second-order valence-electron chi connectivity index (χ2n) is 13.1. The van der Waals surface area contributed by atoms with Crippen LogP contribution in [0.3, 0.4) is 0 Å². The Labute approximate surface area is 274 Å². The summed E-state index contributed by atoms with van der Waals surface area (Å²) in [4.78, 5) is 3.60. The largest absolute Gasteiger partial charge is 0.449 e. The van der Waals surface area contributed by atoms with Crippen LogP contribution in [0.2, 0.25) is 0 Å². The molecule has 4 aromatic rings. The van der Waals surface area contributed by atoms with E-state index in [-0.39, 0.29) is 16.7 Å². The van der Waals surface area contributed by atoms with Crippen LogP contribution in [0.25, 0.3) is 0 Å². The minimum absolute atomic E-state index is 0.165. The summed E-state index contributed by atoms with van der Waals surface area (Å²) in [6.07, 6.45) is -2.15. The van der Waals surface area contributed by atoms with Crippen molar-refractivity contribution < 1.29 is 13.6 Å². The fourth-order valence-corrected chi connectivity index (χ4v) is 12.7. The Balaban J connectivity index is 1.89. The molecule has 0 amide bonds. The Morgan fingerprint density at radius 3 is 1.57 bits per heavy atom. The molecular formula is C36H45NO3P2S2. The third kappa shape index (κ3) is 8.42. The summed E-state index contributed by atoms with van der Waals surface area (Å²) in [5, 5.41) is 0.833. The molecule has 234 valence electrons. The van der Waals surface area contributed by atoms with Crippen molar-refractivity contribution in [2.24, 2.45) is 0 Å². The summed E-state index contributed by atoms with van der Waals surface area (Å²) in [7, 11) is 0. The fraction of sp³-hybridized carbons (Fsp3) is 0.333. The summed E-state index contributed by atoms with van der Waals surface area (Å²) in [6, 6.07) is 34.0. The van der Waals surface area contributed by atoms with E-state index in [1.807, 2.05) is 84.9 Å². The highest BCUT2D eigenvalue weighted by Crippen LogP contribution is 2.58. The van der Waals surface area contributed by atoms with Gasteiger partial charge in [-0.15, -0.1) is 0 Å². The molecule has 4 nitrogen and oxygen atoms in total. The monoisotopic (exact) mass is 665 g/mol. The molecule has 8 heteroatoms. The molecule has 3 atom stereocenters. The zero-order chi connectivity index (χ0) is 32.2. The van der Waals surface area contributed by atoms with Crippen molar-refractivity contribution >= 4 is 42.0 Å². The van der Waals surface area contributed by atoms with Crippen molar-refractivity contribution in [2.75, 3.05) is 0 Å². The van der Waals surface area contributed by atoms with Crippen molar-refractivity contribution in [3.63, 3.8) is 0 Å². The van der Waals surface area contributed by atoms with Crippen molar-refractivity contribution in [3.05, 3.63) is 120 Å². The molecule has 0 fully saturated rings. The Kier molecular flexibility index (Phi) is 10.9. The number of hydrogen-bond acceptors (Lipinski definition) is 5.